The Labute approximate surface area is 135 Å². The second kappa shape index (κ2) is 6.20. The molecule has 0 saturated carbocycles. The smallest absolute Gasteiger partial charge is 0.321 e. The molecule has 2 N–H and O–H groups in total. The number of fused-ring (bicyclic) bond motifs is 1. The molecule has 6 heteroatoms. The molecule has 6 nitrogen and oxygen atoms in total. The van der Waals surface area contributed by atoms with Crippen LogP contribution in [-0.4, -0.2) is 58.2 Å². The topological polar surface area (TPSA) is 64.3 Å². The number of hydrogen-bond donors (Lipinski definition) is 2. The number of anilines is 1. The van der Waals surface area contributed by atoms with E-state index >= 15 is 0 Å². The number of nitrogens with one attached hydrogen (secondary N) is 2. The molecule has 3 heterocycles. The van der Waals surface area contributed by atoms with Gasteiger partial charge in [0, 0.05) is 30.2 Å². The van der Waals surface area contributed by atoms with E-state index in [0.717, 1.165) is 42.5 Å². The second-order valence-corrected chi connectivity index (χ2v) is 6.56. The summed E-state index contributed by atoms with van der Waals surface area (Å²) in [5, 5.41) is 11.0. The van der Waals surface area contributed by atoms with Gasteiger partial charge in [0.05, 0.1) is 11.7 Å². The number of aromatic nitrogens is 2. The summed E-state index contributed by atoms with van der Waals surface area (Å²) in [4.78, 5) is 17.0. The van der Waals surface area contributed by atoms with Gasteiger partial charge < -0.3 is 15.1 Å². The third-order valence-electron chi connectivity index (χ3n) is 5.10. The number of amides is 2. The number of hydrogen-bond acceptors (Lipinski definition) is 3. The molecule has 0 bridgehead atoms. The van der Waals surface area contributed by atoms with Crippen LogP contribution >= 0.6 is 0 Å². The number of rotatable bonds is 2. The Balaban J connectivity index is 1.34. The Morgan fingerprint density at radius 2 is 1.96 bits per heavy atom. The van der Waals surface area contributed by atoms with Crippen LogP contribution in [0.15, 0.2) is 24.4 Å². The zero-order chi connectivity index (χ0) is 15.6. The summed E-state index contributed by atoms with van der Waals surface area (Å²) in [5.74, 6) is 0. The zero-order valence-electron chi connectivity index (χ0n) is 13.3. The Bertz CT molecular complexity index is 683. The molecular formula is C17H23N5O. The van der Waals surface area contributed by atoms with E-state index in [0.29, 0.717) is 6.04 Å². The van der Waals surface area contributed by atoms with Crippen molar-refractivity contribution < 1.29 is 4.79 Å². The molecule has 0 unspecified atom stereocenters. The van der Waals surface area contributed by atoms with E-state index in [1.165, 1.54) is 25.9 Å². The first-order valence-electron chi connectivity index (χ1n) is 8.53. The highest BCUT2D eigenvalue weighted by molar-refractivity contribution is 5.92. The van der Waals surface area contributed by atoms with Crippen molar-refractivity contribution in [1.29, 1.82) is 0 Å². The Morgan fingerprint density at radius 3 is 2.74 bits per heavy atom. The number of benzene rings is 1. The van der Waals surface area contributed by atoms with E-state index in [-0.39, 0.29) is 6.03 Å². The number of piperidine rings is 1. The van der Waals surface area contributed by atoms with Crippen molar-refractivity contribution in [3.63, 3.8) is 0 Å². The van der Waals surface area contributed by atoms with Gasteiger partial charge in [-0.25, -0.2) is 4.79 Å². The van der Waals surface area contributed by atoms with Crippen LogP contribution in [0.25, 0.3) is 10.9 Å². The molecule has 2 aliphatic rings. The summed E-state index contributed by atoms with van der Waals surface area (Å²) in [7, 11) is 0. The number of likely N-dealkylation sites (tertiary alicyclic amines) is 2. The summed E-state index contributed by atoms with van der Waals surface area (Å²) in [5.41, 5.74) is 1.75. The van der Waals surface area contributed by atoms with Crippen LogP contribution in [-0.2, 0) is 0 Å². The molecule has 2 fully saturated rings. The van der Waals surface area contributed by atoms with E-state index in [1.54, 1.807) is 6.20 Å². The molecule has 122 valence electrons. The van der Waals surface area contributed by atoms with E-state index in [4.69, 9.17) is 0 Å². The fourth-order valence-corrected chi connectivity index (χ4v) is 3.76. The van der Waals surface area contributed by atoms with Gasteiger partial charge in [-0.2, -0.15) is 5.10 Å². The van der Waals surface area contributed by atoms with Crippen LogP contribution in [0.4, 0.5) is 10.5 Å². The predicted molar refractivity (Wildman–Crippen MR) is 90.5 cm³/mol. The number of nitrogens with zero attached hydrogens (tertiary/aromatic N) is 3. The first kappa shape index (κ1) is 14.5. The lowest BCUT2D eigenvalue weighted by molar-refractivity contribution is 0.140. The lowest BCUT2D eigenvalue weighted by atomic mass is 10.0. The molecule has 1 aromatic heterocycles. The SMILES string of the molecule is O=C(Nc1ccc2cn[nH]c2c1)N1CCC(N2CCCC2)CC1. The van der Waals surface area contributed by atoms with Crippen molar-refractivity contribution in [3.05, 3.63) is 24.4 Å². The van der Waals surface area contributed by atoms with Gasteiger partial charge in [-0.1, -0.05) is 0 Å². The van der Waals surface area contributed by atoms with Crippen molar-refractivity contribution in [2.24, 2.45) is 0 Å². The monoisotopic (exact) mass is 313 g/mol. The third-order valence-corrected chi connectivity index (χ3v) is 5.10. The van der Waals surface area contributed by atoms with Gasteiger partial charge in [0.25, 0.3) is 0 Å². The summed E-state index contributed by atoms with van der Waals surface area (Å²) >= 11 is 0. The standard InChI is InChI=1S/C17H23N5O/c23-17(19-14-4-3-13-12-18-20-16(13)11-14)22-9-5-15(6-10-22)21-7-1-2-8-21/h3-4,11-12,15H,1-2,5-10H2,(H,18,20)(H,19,23). The largest absolute Gasteiger partial charge is 0.324 e. The minimum absolute atomic E-state index is 0.00346. The lowest BCUT2D eigenvalue weighted by Crippen LogP contribution is -2.47. The number of aromatic amines is 1. The minimum Gasteiger partial charge on any atom is -0.324 e. The van der Waals surface area contributed by atoms with Gasteiger partial charge in [0.1, 0.15) is 0 Å². The van der Waals surface area contributed by atoms with E-state index in [9.17, 15) is 4.79 Å². The average molecular weight is 313 g/mol. The van der Waals surface area contributed by atoms with Gasteiger partial charge in [0.15, 0.2) is 0 Å². The first-order chi connectivity index (χ1) is 11.3. The summed E-state index contributed by atoms with van der Waals surface area (Å²) in [6, 6.07) is 6.49. The molecule has 2 aromatic rings. The number of carbonyl (C=O) groups is 1. The predicted octanol–water partition coefficient (Wildman–Crippen LogP) is 2.66. The van der Waals surface area contributed by atoms with Gasteiger partial charge in [-0.05, 0) is 57.0 Å². The molecule has 0 aliphatic carbocycles. The van der Waals surface area contributed by atoms with Crippen LogP contribution in [0.1, 0.15) is 25.7 Å². The number of urea groups is 1. The van der Waals surface area contributed by atoms with Crippen LogP contribution in [0.3, 0.4) is 0 Å². The van der Waals surface area contributed by atoms with Crippen LogP contribution < -0.4 is 5.32 Å². The molecule has 23 heavy (non-hydrogen) atoms. The quantitative estimate of drug-likeness (QED) is 0.896. The van der Waals surface area contributed by atoms with Crippen molar-refractivity contribution in [2.75, 3.05) is 31.5 Å². The van der Waals surface area contributed by atoms with Gasteiger partial charge in [0.2, 0.25) is 0 Å². The Kier molecular flexibility index (Phi) is 3.91. The highest BCUT2D eigenvalue weighted by Gasteiger charge is 2.28. The van der Waals surface area contributed by atoms with E-state index in [2.05, 4.69) is 20.4 Å². The van der Waals surface area contributed by atoms with Crippen LogP contribution in [0, 0.1) is 0 Å². The Hall–Kier alpha value is -2.08. The van der Waals surface area contributed by atoms with Gasteiger partial charge >= 0.3 is 6.03 Å². The van der Waals surface area contributed by atoms with Gasteiger partial charge in [-0.3, -0.25) is 5.10 Å². The summed E-state index contributed by atoms with van der Waals surface area (Å²) in [6.07, 6.45) is 6.62. The van der Waals surface area contributed by atoms with Gasteiger partial charge in [-0.15, -0.1) is 0 Å². The molecule has 2 saturated heterocycles. The zero-order valence-corrected chi connectivity index (χ0v) is 13.3. The number of carbonyl (C=O) groups excluding carboxylic acids is 1. The first-order valence-corrected chi connectivity index (χ1v) is 8.53. The normalized spacial score (nSPS) is 20.3. The molecule has 0 spiro atoms. The molecular weight excluding hydrogens is 290 g/mol. The maximum absolute atomic E-state index is 12.4. The lowest BCUT2D eigenvalue weighted by Gasteiger charge is -2.36. The average Bonchev–Trinajstić information content (AvgIpc) is 3.26. The van der Waals surface area contributed by atoms with Crippen molar-refractivity contribution in [3.8, 4) is 0 Å². The van der Waals surface area contributed by atoms with E-state index in [1.807, 2.05) is 23.1 Å². The molecule has 2 amide bonds. The Morgan fingerprint density at radius 1 is 1.17 bits per heavy atom. The van der Waals surface area contributed by atoms with E-state index < -0.39 is 0 Å². The maximum atomic E-state index is 12.4. The number of H-pyrrole nitrogens is 1. The van der Waals surface area contributed by atoms with Crippen LogP contribution in [0.2, 0.25) is 0 Å². The molecule has 4 rings (SSSR count). The van der Waals surface area contributed by atoms with Crippen molar-refractivity contribution in [2.45, 2.75) is 31.7 Å². The third kappa shape index (κ3) is 3.03. The van der Waals surface area contributed by atoms with Crippen LogP contribution in [0.5, 0.6) is 0 Å². The fraction of sp³-hybridized carbons (Fsp3) is 0.529. The molecule has 0 radical (unpaired) electrons. The summed E-state index contributed by atoms with van der Waals surface area (Å²) in [6.45, 7) is 4.17. The fourth-order valence-electron chi connectivity index (χ4n) is 3.76. The molecule has 1 aromatic carbocycles. The minimum atomic E-state index is 0.00346. The molecule has 2 aliphatic heterocycles. The molecule has 0 atom stereocenters. The summed E-state index contributed by atoms with van der Waals surface area (Å²) < 4.78 is 0. The highest BCUT2D eigenvalue weighted by Crippen LogP contribution is 2.22. The second-order valence-electron chi connectivity index (χ2n) is 6.56. The van der Waals surface area contributed by atoms with Crippen molar-refractivity contribution in [1.82, 2.24) is 20.0 Å². The maximum Gasteiger partial charge on any atom is 0.321 e. The van der Waals surface area contributed by atoms with Crippen molar-refractivity contribution >= 4 is 22.6 Å². The highest BCUT2D eigenvalue weighted by atomic mass is 16.2.